The van der Waals surface area contributed by atoms with Crippen molar-refractivity contribution in [1.82, 2.24) is 10.6 Å². The van der Waals surface area contributed by atoms with Crippen molar-refractivity contribution in [3.05, 3.63) is 0 Å². The summed E-state index contributed by atoms with van der Waals surface area (Å²) >= 11 is 0. The van der Waals surface area contributed by atoms with Gasteiger partial charge >= 0.3 is 0 Å². The third-order valence-corrected chi connectivity index (χ3v) is 3.50. The van der Waals surface area contributed by atoms with Gasteiger partial charge in [-0.1, -0.05) is 0 Å². The maximum absolute atomic E-state index is 11.5. The highest BCUT2D eigenvalue weighted by Gasteiger charge is 2.40. The lowest BCUT2D eigenvalue weighted by Crippen LogP contribution is -2.53. The minimum Gasteiger partial charge on any atom is -0.352 e. The third-order valence-electron chi connectivity index (χ3n) is 3.50. The molecule has 2 fully saturated rings. The molecule has 0 radical (unpaired) electrons. The van der Waals surface area contributed by atoms with E-state index in [1.807, 2.05) is 0 Å². The highest BCUT2D eigenvalue weighted by Crippen LogP contribution is 2.38. The van der Waals surface area contributed by atoms with Gasteiger partial charge in [0.05, 0.1) is 6.54 Å². The van der Waals surface area contributed by atoms with Crippen molar-refractivity contribution >= 4 is 18.3 Å². The van der Waals surface area contributed by atoms with Crippen LogP contribution in [-0.2, 0) is 4.79 Å². The highest BCUT2D eigenvalue weighted by atomic mass is 35.5. The Balaban J connectivity index is 0.00000128. The molecule has 0 aromatic rings. The quantitative estimate of drug-likeness (QED) is 0.637. The first-order chi connectivity index (χ1) is 7.14. The molecule has 2 saturated carbocycles. The summed E-state index contributed by atoms with van der Waals surface area (Å²) in [7, 11) is 0. The van der Waals surface area contributed by atoms with E-state index >= 15 is 0 Å². The first-order valence-corrected chi connectivity index (χ1v) is 5.88. The van der Waals surface area contributed by atoms with Crippen LogP contribution in [0.1, 0.15) is 32.6 Å². The van der Waals surface area contributed by atoms with E-state index in [0.29, 0.717) is 25.0 Å². The fourth-order valence-electron chi connectivity index (χ4n) is 1.89. The topological polar surface area (TPSA) is 67.1 Å². The molecule has 1 amide bonds. The minimum absolute atomic E-state index is 0. The standard InChI is InChI=1S/C11H21N3O.ClH/c1-11(7-12,8-2-3-8)13-6-10(15)14-9-4-5-9;/h8-9,13H,2-7,12H2,1H3,(H,14,15);1H. The lowest BCUT2D eigenvalue weighted by Gasteiger charge is -2.29. The van der Waals surface area contributed by atoms with E-state index in [-0.39, 0.29) is 23.9 Å². The zero-order chi connectivity index (χ0) is 10.9. The Morgan fingerprint density at radius 2 is 2.00 bits per heavy atom. The van der Waals surface area contributed by atoms with E-state index in [1.54, 1.807) is 0 Å². The van der Waals surface area contributed by atoms with Gasteiger partial charge in [0.2, 0.25) is 5.91 Å². The van der Waals surface area contributed by atoms with E-state index in [2.05, 4.69) is 17.6 Å². The molecule has 2 aliphatic rings. The van der Waals surface area contributed by atoms with Gasteiger partial charge in [0, 0.05) is 18.1 Å². The SMILES string of the molecule is CC(CN)(NCC(=O)NC1CC1)C1CC1.Cl. The Kier molecular flexibility index (Phi) is 4.59. The lowest BCUT2D eigenvalue weighted by atomic mass is 9.96. The molecule has 0 aromatic carbocycles. The number of amides is 1. The second kappa shape index (κ2) is 5.34. The monoisotopic (exact) mass is 247 g/mol. The number of rotatable bonds is 6. The van der Waals surface area contributed by atoms with E-state index in [1.165, 1.54) is 12.8 Å². The molecule has 16 heavy (non-hydrogen) atoms. The maximum Gasteiger partial charge on any atom is 0.234 e. The van der Waals surface area contributed by atoms with Gasteiger partial charge in [-0.3, -0.25) is 4.79 Å². The molecule has 94 valence electrons. The minimum atomic E-state index is -0.0408. The van der Waals surface area contributed by atoms with Crippen LogP contribution < -0.4 is 16.4 Å². The van der Waals surface area contributed by atoms with Crippen molar-refractivity contribution in [2.45, 2.75) is 44.2 Å². The van der Waals surface area contributed by atoms with Gasteiger partial charge in [-0.15, -0.1) is 12.4 Å². The van der Waals surface area contributed by atoms with Gasteiger partial charge < -0.3 is 16.4 Å². The first kappa shape index (κ1) is 13.7. The molecule has 0 heterocycles. The molecular formula is C11H22ClN3O. The average Bonchev–Trinajstić information content (AvgIpc) is 3.03. The smallest absolute Gasteiger partial charge is 0.234 e. The van der Waals surface area contributed by atoms with Crippen molar-refractivity contribution in [3.8, 4) is 0 Å². The van der Waals surface area contributed by atoms with Crippen molar-refractivity contribution < 1.29 is 4.79 Å². The normalized spacial score (nSPS) is 23.1. The number of nitrogens with one attached hydrogen (secondary N) is 2. The number of halogens is 1. The number of carbonyl (C=O) groups is 1. The van der Waals surface area contributed by atoms with Crippen LogP contribution in [0.25, 0.3) is 0 Å². The van der Waals surface area contributed by atoms with Crippen molar-refractivity contribution in [3.63, 3.8) is 0 Å². The van der Waals surface area contributed by atoms with Crippen LogP contribution in [0, 0.1) is 5.92 Å². The van der Waals surface area contributed by atoms with Gasteiger partial charge in [0.1, 0.15) is 0 Å². The largest absolute Gasteiger partial charge is 0.352 e. The van der Waals surface area contributed by atoms with E-state index in [4.69, 9.17) is 5.73 Å². The fourth-order valence-corrected chi connectivity index (χ4v) is 1.89. The summed E-state index contributed by atoms with van der Waals surface area (Å²) < 4.78 is 0. The zero-order valence-corrected chi connectivity index (χ0v) is 10.6. The molecule has 1 atom stereocenters. The highest BCUT2D eigenvalue weighted by molar-refractivity contribution is 5.85. The number of hydrogen-bond donors (Lipinski definition) is 3. The molecule has 0 aliphatic heterocycles. The summed E-state index contributed by atoms with van der Waals surface area (Å²) in [6, 6.07) is 0.448. The van der Waals surface area contributed by atoms with Crippen LogP contribution in [0.2, 0.25) is 0 Å². The average molecular weight is 248 g/mol. The fraction of sp³-hybridized carbons (Fsp3) is 0.909. The van der Waals surface area contributed by atoms with Crippen LogP contribution in [0.4, 0.5) is 0 Å². The van der Waals surface area contributed by atoms with Gasteiger partial charge in [0.15, 0.2) is 0 Å². The summed E-state index contributed by atoms with van der Waals surface area (Å²) in [6.07, 6.45) is 4.76. The second-order valence-electron chi connectivity index (χ2n) is 5.09. The molecule has 4 N–H and O–H groups in total. The second-order valence-corrected chi connectivity index (χ2v) is 5.09. The van der Waals surface area contributed by atoms with Crippen LogP contribution in [0.15, 0.2) is 0 Å². The summed E-state index contributed by atoms with van der Waals surface area (Å²) in [5.41, 5.74) is 5.71. The molecule has 5 heteroatoms. The van der Waals surface area contributed by atoms with E-state index in [9.17, 15) is 4.79 Å². The van der Waals surface area contributed by atoms with Crippen LogP contribution in [0.5, 0.6) is 0 Å². The van der Waals surface area contributed by atoms with Gasteiger partial charge in [-0.05, 0) is 38.5 Å². The zero-order valence-electron chi connectivity index (χ0n) is 9.79. The molecule has 2 rings (SSSR count). The van der Waals surface area contributed by atoms with Crippen LogP contribution >= 0.6 is 12.4 Å². The Bertz CT molecular complexity index is 254. The molecule has 0 bridgehead atoms. The van der Waals surface area contributed by atoms with Gasteiger partial charge in [-0.2, -0.15) is 0 Å². The summed E-state index contributed by atoms with van der Waals surface area (Å²) in [6.45, 7) is 3.13. The molecular weight excluding hydrogens is 226 g/mol. The van der Waals surface area contributed by atoms with Crippen molar-refractivity contribution in [1.29, 1.82) is 0 Å². The van der Waals surface area contributed by atoms with Gasteiger partial charge in [0.25, 0.3) is 0 Å². The van der Waals surface area contributed by atoms with Gasteiger partial charge in [-0.25, -0.2) is 0 Å². The number of nitrogens with two attached hydrogens (primary N) is 1. The Morgan fingerprint density at radius 3 is 2.44 bits per heavy atom. The maximum atomic E-state index is 11.5. The Hall–Kier alpha value is -0.320. The Labute approximate surface area is 103 Å². The van der Waals surface area contributed by atoms with E-state index in [0.717, 1.165) is 12.8 Å². The summed E-state index contributed by atoms with van der Waals surface area (Å²) in [5.74, 6) is 0.772. The predicted molar refractivity (Wildman–Crippen MR) is 66.6 cm³/mol. The molecule has 0 spiro atoms. The van der Waals surface area contributed by atoms with Crippen molar-refractivity contribution in [2.24, 2.45) is 11.7 Å². The summed E-state index contributed by atoms with van der Waals surface area (Å²) in [4.78, 5) is 11.5. The molecule has 1 unspecified atom stereocenters. The van der Waals surface area contributed by atoms with Crippen molar-refractivity contribution in [2.75, 3.05) is 13.1 Å². The van der Waals surface area contributed by atoms with Crippen LogP contribution in [0.3, 0.4) is 0 Å². The molecule has 0 aromatic heterocycles. The number of hydrogen-bond acceptors (Lipinski definition) is 3. The lowest BCUT2D eigenvalue weighted by molar-refractivity contribution is -0.120. The Morgan fingerprint density at radius 1 is 1.38 bits per heavy atom. The van der Waals surface area contributed by atoms with E-state index < -0.39 is 0 Å². The predicted octanol–water partition coefficient (Wildman–Crippen LogP) is 0.404. The summed E-state index contributed by atoms with van der Waals surface area (Å²) in [5, 5.41) is 6.27. The molecule has 4 nitrogen and oxygen atoms in total. The first-order valence-electron chi connectivity index (χ1n) is 5.88. The number of carbonyl (C=O) groups excluding carboxylic acids is 1. The third kappa shape index (κ3) is 3.61. The van der Waals surface area contributed by atoms with Crippen LogP contribution in [-0.4, -0.2) is 30.6 Å². The molecule has 2 aliphatic carbocycles. The molecule has 0 saturated heterocycles.